The Bertz CT molecular complexity index is 678. The van der Waals surface area contributed by atoms with Crippen molar-refractivity contribution in [2.75, 3.05) is 24.6 Å². The molecule has 0 atom stereocenters. The smallest absolute Gasteiger partial charge is 0.407 e. The molecular weight excluding hydrogens is 334 g/mol. The number of hydrogen-bond acceptors (Lipinski definition) is 6. The minimum absolute atomic E-state index is 0.172. The second-order valence-electron chi connectivity index (χ2n) is 6.44. The molecule has 0 unspecified atom stereocenters. The van der Waals surface area contributed by atoms with Gasteiger partial charge in [0, 0.05) is 17.8 Å². The maximum Gasteiger partial charge on any atom is 0.407 e. The third-order valence-corrected chi connectivity index (χ3v) is 3.94. The van der Waals surface area contributed by atoms with Crippen LogP contribution in [0.4, 0.5) is 10.5 Å². The predicted molar refractivity (Wildman–Crippen MR) is 90.9 cm³/mol. The molecule has 1 aromatic rings. The predicted octanol–water partition coefficient (Wildman–Crippen LogP) is 1.10. The monoisotopic (exact) mass is 357 g/mol. The maximum atomic E-state index is 11.8. The van der Waals surface area contributed by atoms with Crippen LogP contribution in [0.5, 0.6) is 0 Å². The molecule has 24 heavy (non-hydrogen) atoms. The van der Waals surface area contributed by atoms with E-state index in [0.29, 0.717) is 5.69 Å². The Morgan fingerprint density at radius 2 is 1.75 bits per heavy atom. The Balaban J connectivity index is 2.42. The van der Waals surface area contributed by atoms with Gasteiger partial charge in [-0.2, -0.15) is 0 Å². The molecule has 9 heteroatoms. The van der Waals surface area contributed by atoms with Gasteiger partial charge >= 0.3 is 6.09 Å². The number of nitrogen functional groups attached to an aromatic ring is 1. The third-order valence-electron chi connectivity index (χ3n) is 2.70. The molecule has 0 aliphatic heterocycles. The highest BCUT2D eigenvalue weighted by Crippen LogP contribution is 2.12. The van der Waals surface area contributed by atoms with Gasteiger partial charge in [-0.3, -0.25) is 4.79 Å². The van der Waals surface area contributed by atoms with E-state index >= 15 is 0 Å². The van der Waals surface area contributed by atoms with E-state index in [4.69, 9.17) is 10.5 Å². The first kappa shape index (κ1) is 19.8. The van der Waals surface area contributed by atoms with Crippen LogP contribution in [0.2, 0.25) is 0 Å². The standard InChI is InChI=1S/C15H23N3O5S/c1-15(2,3)10-23-14(20)17-8-9-24(21,22)18-13(19)11-4-6-12(16)7-5-11/h4-7H,8-10,16H2,1-3H3,(H,17,20)(H,18,19). The zero-order valence-electron chi connectivity index (χ0n) is 14.0. The summed E-state index contributed by atoms with van der Waals surface area (Å²) in [6, 6.07) is 5.83. The van der Waals surface area contributed by atoms with Crippen molar-refractivity contribution in [2.24, 2.45) is 5.41 Å². The molecule has 134 valence electrons. The average Bonchev–Trinajstić information content (AvgIpc) is 2.44. The van der Waals surface area contributed by atoms with Crippen molar-refractivity contribution in [3.8, 4) is 0 Å². The van der Waals surface area contributed by atoms with E-state index in [1.54, 1.807) is 0 Å². The van der Waals surface area contributed by atoms with E-state index < -0.39 is 27.8 Å². The van der Waals surface area contributed by atoms with Gasteiger partial charge in [0.2, 0.25) is 10.0 Å². The second-order valence-corrected chi connectivity index (χ2v) is 8.28. The highest BCUT2D eigenvalue weighted by molar-refractivity contribution is 7.90. The van der Waals surface area contributed by atoms with E-state index in [1.807, 2.05) is 25.5 Å². The molecule has 0 radical (unpaired) electrons. The summed E-state index contributed by atoms with van der Waals surface area (Å²) in [5.41, 5.74) is 5.95. The first-order valence-electron chi connectivity index (χ1n) is 7.29. The van der Waals surface area contributed by atoms with Crippen LogP contribution in [-0.4, -0.2) is 39.3 Å². The molecule has 0 saturated carbocycles. The van der Waals surface area contributed by atoms with Gasteiger partial charge in [-0.1, -0.05) is 20.8 Å². The molecule has 0 aromatic heterocycles. The summed E-state index contributed by atoms with van der Waals surface area (Å²) >= 11 is 0. The van der Waals surface area contributed by atoms with Crippen LogP contribution in [0.3, 0.4) is 0 Å². The lowest BCUT2D eigenvalue weighted by Crippen LogP contribution is -2.38. The van der Waals surface area contributed by atoms with E-state index in [2.05, 4.69) is 5.32 Å². The number of alkyl carbamates (subject to hydrolysis) is 1. The topological polar surface area (TPSA) is 128 Å². The number of nitrogens with two attached hydrogens (primary N) is 1. The van der Waals surface area contributed by atoms with Crippen LogP contribution in [0, 0.1) is 5.41 Å². The first-order chi connectivity index (χ1) is 11.0. The maximum absolute atomic E-state index is 11.8. The molecule has 4 N–H and O–H groups in total. The summed E-state index contributed by atoms with van der Waals surface area (Å²) in [6.45, 7) is 5.74. The Kier molecular flexibility index (Phi) is 6.59. The molecule has 0 spiro atoms. The van der Waals surface area contributed by atoms with Crippen LogP contribution >= 0.6 is 0 Å². The van der Waals surface area contributed by atoms with Crippen molar-refractivity contribution in [3.05, 3.63) is 29.8 Å². The highest BCUT2D eigenvalue weighted by atomic mass is 32.2. The van der Waals surface area contributed by atoms with Gasteiger partial charge in [0.25, 0.3) is 5.91 Å². The molecule has 0 heterocycles. The van der Waals surface area contributed by atoms with Gasteiger partial charge in [0.05, 0.1) is 12.4 Å². The summed E-state index contributed by atoms with van der Waals surface area (Å²) in [5, 5.41) is 2.32. The fraction of sp³-hybridized carbons (Fsp3) is 0.467. The summed E-state index contributed by atoms with van der Waals surface area (Å²) in [6.07, 6.45) is -0.704. The first-order valence-corrected chi connectivity index (χ1v) is 8.95. The fourth-order valence-electron chi connectivity index (χ4n) is 1.51. The van der Waals surface area contributed by atoms with Gasteiger partial charge in [-0.25, -0.2) is 17.9 Å². The van der Waals surface area contributed by atoms with Crippen LogP contribution in [0.1, 0.15) is 31.1 Å². The zero-order chi connectivity index (χ0) is 18.4. The number of carbonyl (C=O) groups is 2. The van der Waals surface area contributed by atoms with Crippen LogP contribution in [0.15, 0.2) is 24.3 Å². The zero-order valence-corrected chi connectivity index (χ0v) is 14.8. The van der Waals surface area contributed by atoms with Gasteiger partial charge < -0.3 is 15.8 Å². The summed E-state index contributed by atoms with van der Waals surface area (Å²) in [4.78, 5) is 23.3. The Labute approximate surface area is 141 Å². The van der Waals surface area contributed by atoms with Crippen LogP contribution in [-0.2, 0) is 14.8 Å². The normalized spacial score (nSPS) is 11.6. The largest absolute Gasteiger partial charge is 0.449 e. The van der Waals surface area contributed by atoms with Crippen LogP contribution < -0.4 is 15.8 Å². The van der Waals surface area contributed by atoms with Crippen molar-refractivity contribution in [3.63, 3.8) is 0 Å². The lowest BCUT2D eigenvalue weighted by atomic mass is 9.99. The molecule has 0 aliphatic rings. The number of carbonyl (C=O) groups excluding carboxylic acids is 2. The molecule has 0 bridgehead atoms. The fourth-order valence-corrected chi connectivity index (χ4v) is 2.38. The van der Waals surface area contributed by atoms with E-state index in [0.717, 1.165) is 0 Å². The Morgan fingerprint density at radius 1 is 1.17 bits per heavy atom. The number of sulfonamides is 1. The van der Waals surface area contributed by atoms with Gasteiger partial charge in [0.15, 0.2) is 0 Å². The molecule has 2 amide bonds. The summed E-state index contributed by atoms with van der Waals surface area (Å²) < 4.78 is 30.5. The molecule has 1 aromatic carbocycles. The number of anilines is 1. The number of rotatable bonds is 6. The summed E-state index contributed by atoms with van der Waals surface area (Å²) in [5.74, 6) is -1.21. The molecule has 0 aliphatic carbocycles. The van der Waals surface area contributed by atoms with Crippen molar-refractivity contribution >= 4 is 27.7 Å². The average molecular weight is 357 g/mol. The molecule has 8 nitrogen and oxygen atoms in total. The molecular formula is C15H23N3O5S. The van der Waals surface area contributed by atoms with E-state index in [-0.39, 0.29) is 24.1 Å². The number of amides is 2. The van der Waals surface area contributed by atoms with E-state index in [9.17, 15) is 18.0 Å². The SMILES string of the molecule is CC(C)(C)COC(=O)NCCS(=O)(=O)NC(=O)c1ccc(N)cc1. The quantitative estimate of drug-likeness (QED) is 0.654. The lowest BCUT2D eigenvalue weighted by molar-refractivity contribution is 0.0981. The number of hydrogen-bond donors (Lipinski definition) is 3. The molecule has 0 saturated heterocycles. The Hall–Kier alpha value is -2.29. The Morgan fingerprint density at radius 3 is 2.29 bits per heavy atom. The highest BCUT2D eigenvalue weighted by Gasteiger charge is 2.17. The van der Waals surface area contributed by atoms with Gasteiger partial charge in [-0.15, -0.1) is 0 Å². The van der Waals surface area contributed by atoms with Crippen molar-refractivity contribution in [2.45, 2.75) is 20.8 Å². The lowest BCUT2D eigenvalue weighted by Gasteiger charge is -2.17. The van der Waals surface area contributed by atoms with Crippen molar-refractivity contribution in [1.29, 1.82) is 0 Å². The second kappa shape index (κ2) is 8.00. The third kappa shape index (κ3) is 7.82. The van der Waals surface area contributed by atoms with Crippen molar-refractivity contribution < 1.29 is 22.7 Å². The summed E-state index contributed by atoms with van der Waals surface area (Å²) in [7, 11) is -3.88. The van der Waals surface area contributed by atoms with E-state index in [1.165, 1.54) is 24.3 Å². The minimum atomic E-state index is -3.88. The molecule has 1 rings (SSSR count). The van der Waals surface area contributed by atoms with Gasteiger partial charge in [0.1, 0.15) is 0 Å². The van der Waals surface area contributed by atoms with Crippen LogP contribution in [0.25, 0.3) is 0 Å². The number of benzene rings is 1. The van der Waals surface area contributed by atoms with Crippen molar-refractivity contribution in [1.82, 2.24) is 10.0 Å². The number of ether oxygens (including phenoxy) is 1. The molecule has 0 fully saturated rings. The minimum Gasteiger partial charge on any atom is -0.449 e. The number of nitrogens with one attached hydrogen (secondary N) is 2. The van der Waals surface area contributed by atoms with Gasteiger partial charge in [-0.05, 0) is 29.7 Å².